The van der Waals surface area contributed by atoms with Gasteiger partial charge in [-0.2, -0.15) is 0 Å². The van der Waals surface area contributed by atoms with Crippen molar-refractivity contribution in [2.45, 2.75) is 17.1 Å². The number of rotatable bonds is 9. The van der Waals surface area contributed by atoms with E-state index in [1.54, 1.807) is 68.6 Å². The molecule has 34 heavy (non-hydrogen) atoms. The lowest BCUT2D eigenvalue weighted by Crippen LogP contribution is -2.22. The van der Waals surface area contributed by atoms with Gasteiger partial charge in [0.25, 0.3) is 5.91 Å². The number of methoxy groups -OCH3 is 2. The molecule has 3 rings (SSSR count). The number of hydrogen-bond acceptors (Lipinski definition) is 6. The number of carbonyl (C=O) groups excluding carboxylic acids is 2. The molecule has 0 aromatic heterocycles. The minimum atomic E-state index is -1.17. The number of benzene rings is 3. The zero-order chi connectivity index (χ0) is 24.7. The zero-order valence-corrected chi connectivity index (χ0v) is 19.6. The fourth-order valence-corrected chi connectivity index (χ4v) is 3.95. The van der Waals surface area contributed by atoms with Gasteiger partial charge >= 0.3 is 5.97 Å². The minimum Gasteiger partial charge on any atom is -0.497 e. The van der Waals surface area contributed by atoms with E-state index < -0.39 is 17.1 Å². The van der Waals surface area contributed by atoms with Crippen LogP contribution in [-0.2, 0) is 4.79 Å². The summed E-state index contributed by atoms with van der Waals surface area (Å²) in [7, 11) is 3.07. The van der Waals surface area contributed by atoms with Gasteiger partial charge in [-0.25, -0.2) is 4.79 Å². The number of carboxylic acids is 1. The van der Waals surface area contributed by atoms with Crippen LogP contribution in [0.3, 0.4) is 0 Å². The van der Waals surface area contributed by atoms with E-state index >= 15 is 0 Å². The van der Waals surface area contributed by atoms with Crippen LogP contribution in [0.15, 0.2) is 71.6 Å². The minimum absolute atomic E-state index is 0.0697. The van der Waals surface area contributed by atoms with Crippen molar-refractivity contribution in [1.29, 1.82) is 0 Å². The third-order valence-corrected chi connectivity index (χ3v) is 5.97. The first-order valence-corrected chi connectivity index (χ1v) is 11.1. The Labute approximate surface area is 201 Å². The highest BCUT2D eigenvalue weighted by Gasteiger charge is 2.18. The molecule has 9 heteroatoms. The largest absolute Gasteiger partial charge is 0.497 e. The Kier molecular flexibility index (Phi) is 8.15. The van der Waals surface area contributed by atoms with Crippen LogP contribution in [0.1, 0.15) is 27.6 Å². The molecular formula is C25H24N2O6S. The predicted octanol–water partition coefficient (Wildman–Crippen LogP) is 4.77. The first-order chi connectivity index (χ1) is 16.3. The molecule has 3 aromatic rings. The van der Waals surface area contributed by atoms with Crippen molar-refractivity contribution in [3.63, 3.8) is 0 Å². The lowest BCUT2D eigenvalue weighted by molar-refractivity contribution is -0.115. The van der Waals surface area contributed by atoms with Crippen molar-refractivity contribution in [2.24, 2.45) is 0 Å². The molecule has 0 aliphatic rings. The van der Waals surface area contributed by atoms with Gasteiger partial charge in [0.1, 0.15) is 11.5 Å². The molecule has 0 bridgehead atoms. The quantitative estimate of drug-likeness (QED) is 0.378. The van der Waals surface area contributed by atoms with Crippen molar-refractivity contribution in [2.75, 3.05) is 24.9 Å². The summed E-state index contributed by atoms with van der Waals surface area (Å²) in [6, 6.07) is 18.1. The third kappa shape index (κ3) is 6.08. The maximum Gasteiger partial charge on any atom is 0.336 e. The maximum absolute atomic E-state index is 12.7. The van der Waals surface area contributed by atoms with Crippen LogP contribution in [0.4, 0.5) is 11.4 Å². The molecule has 3 N–H and O–H groups in total. The first-order valence-electron chi connectivity index (χ1n) is 10.3. The monoisotopic (exact) mass is 480 g/mol. The summed E-state index contributed by atoms with van der Waals surface area (Å²) in [5.74, 6) is -0.773. The molecule has 0 fully saturated rings. The van der Waals surface area contributed by atoms with Crippen LogP contribution in [-0.4, -0.2) is 42.4 Å². The Balaban J connectivity index is 1.63. The molecule has 1 atom stereocenters. The molecule has 0 saturated heterocycles. The lowest BCUT2D eigenvalue weighted by Gasteiger charge is -2.15. The van der Waals surface area contributed by atoms with Crippen LogP contribution in [0.5, 0.6) is 11.5 Å². The standard InChI is InChI=1S/C25H24N2O6S/c1-15(23(28)27-21-14-17(32-2)10-13-22(21)33-3)34-18-11-8-16(9-12-18)26-24(29)19-6-4-5-7-20(19)25(30)31/h4-15H,1-3H3,(H,26,29)(H,27,28)(H,30,31). The predicted molar refractivity (Wildman–Crippen MR) is 131 cm³/mol. The number of hydrogen-bond donors (Lipinski definition) is 3. The number of anilines is 2. The SMILES string of the molecule is COc1ccc(OC)c(NC(=O)C(C)Sc2ccc(NC(=O)c3ccccc3C(=O)O)cc2)c1. The summed E-state index contributed by atoms with van der Waals surface area (Å²) in [5.41, 5.74) is 1.03. The molecule has 0 aliphatic carbocycles. The second-order valence-electron chi connectivity index (χ2n) is 7.14. The van der Waals surface area contributed by atoms with Gasteiger partial charge in [-0.1, -0.05) is 12.1 Å². The van der Waals surface area contributed by atoms with E-state index in [0.29, 0.717) is 22.9 Å². The van der Waals surface area contributed by atoms with Gasteiger partial charge in [0, 0.05) is 16.6 Å². The van der Waals surface area contributed by atoms with Gasteiger partial charge in [0.15, 0.2) is 0 Å². The van der Waals surface area contributed by atoms with Gasteiger partial charge in [-0.05, 0) is 55.5 Å². The summed E-state index contributed by atoms with van der Waals surface area (Å²) in [6.45, 7) is 1.78. The summed E-state index contributed by atoms with van der Waals surface area (Å²) in [5, 5.41) is 14.4. The van der Waals surface area contributed by atoms with Crippen molar-refractivity contribution in [1.82, 2.24) is 0 Å². The van der Waals surface area contributed by atoms with Crippen molar-refractivity contribution < 1.29 is 29.0 Å². The number of amides is 2. The zero-order valence-electron chi connectivity index (χ0n) is 18.8. The molecule has 176 valence electrons. The highest BCUT2D eigenvalue weighted by molar-refractivity contribution is 8.00. The molecule has 0 radical (unpaired) electrons. The summed E-state index contributed by atoms with van der Waals surface area (Å²) >= 11 is 1.35. The van der Waals surface area contributed by atoms with E-state index in [0.717, 1.165) is 4.90 Å². The van der Waals surface area contributed by atoms with E-state index in [9.17, 15) is 19.5 Å². The number of aromatic carboxylic acids is 1. The van der Waals surface area contributed by atoms with Gasteiger partial charge in [0.05, 0.1) is 36.3 Å². The van der Waals surface area contributed by atoms with Crippen LogP contribution in [0.2, 0.25) is 0 Å². The van der Waals surface area contributed by atoms with Gasteiger partial charge in [0.2, 0.25) is 5.91 Å². The number of carboxylic acid groups (broad SMARTS) is 1. The number of carbonyl (C=O) groups is 3. The van der Waals surface area contributed by atoms with E-state index in [-0.39, 0.29) is 17.0 Å². The fraction of sp³-hybridized carbons (Fsp3) is 0.160. The first kappa shape index (κ1) is 24.7. The molecule has 0 saturated carbocycles. The van der Waals surface area contributed by atoms with Gasteiger partial charge in [-0.3, -0.25) is 9.59 Å². The summed E-state index contributed by atoms with van der Waals surface area (Å²) < 4.78 is 10.5. The van der Waals surface area contributed by atoms with Gasteiger partial charge < -0.3 is 25.2 Å². The van der Waals surface area contributed by atoms with Crippen LogP contribution in [0, 0.1) is 0 Å². The fourth-order valence-electron chi connectivity index (χ4n) is 3.09. The number of nitrogens with one attached hydrogen (secondary N) is 2. The number of thioether (sulfide) groups is 1. The average Bonchev–Trinajstić information content (AvgIpc) is 2.84. The molecule has 0 spiro atoms. The van der Waals surface area contributed by atoms with E-state index in [4.69, 9.17) is 9.47 Å². The Morgan fingerprint density at radius 2 is 1.56 bits per heavy atom. The Morgan fingerprint density at radius 1 is 0.882 bits per heavy atom. The van der Waals surface area contributed by atoms with Crippen molar-refractivity contribution in [3.8, 4) is 11.5 Å². The highest BCUT2D eigenvalue weighted by atomic mass is 32.2. The topological polar surface area (TPSA) is 114 Å². The molecule has 2 amide bonds. The molecule has 0 aliphatic heterocycles. The van der Waals surface area contributed by atoms with E-state index in [1.165, 1.54) is 31.0 Å². The van der Waals surface area contributed by atoms with Gasteiger partial charge in [-0.15, -0.1) is 11.8 Å². The van der Waals surface area contributed by atoms with Crippen molar-refractivity contribution in [3.05, 3.63) is 77.9 Å². The number of ether oxygens (including phenoxy) is 2. The second kappa shape index (κ2) is 11.2. The average molecular weight is 481 g/mol. The lowest BCUT2D eigenvalue weighted by atomic mass is 10.1. The summed E-state index contributed by atoms with van der Waals surface area (Å²) in [4.78, 5) is 37.4. The normalized spacial score (nSPS) is 11.3. The third-order valence-electron chi connectivity index (χ3n) is 4.86. The van der Waals surface area contributed by atoms with E-state index in [1.807, 2.05) is 0 Å². The van der Waals surface area contributed by atoms with Crippen molar-refractivity contribution >= 4 is 40.9 Å². The van der Waals surface area contributed by atoms with Crippen LogP contribution >= 0.6 is 11.8 Å². The smallest absolute Gasteiger partial charge is 0.336 e. The molecule has 8 nitrogen and oxygen atoms in total. The van der Waals surface area contributed by atoms with Crippen LogP contribution in [0.25, 0.3) is 0 Å². The summed E-state index contributed by atoms with van der Waals surface area (Å²) in [6.07, 6.45) is 0. The Bertz CT molecular complexity index is 1200. The van der Waals surface area contributed by atoms with Crippen LogP contribution < -0.4 is 20.1 Å². The molecule has 0 heterocycles. The molecular weight excluding hydrogens is 456 g/mol. The molecule has 3 aromatic carbocycles. The Morgan fingerprint density at radius 3 is 2.18 bits per heavy atom. The Hall–Kier alpha value is -3.98. The maximum atomic E-state index is 12.7. The van der Waals surface area contributed by atoms with E-state index in [2.05, 4.69) is 10.6 Å². The second-order valence-corrected chi connectivity index (χ2v) is 8.56. The molecule has 1 unspecified atom stereocenters. The highest BCUT2D eigenvalue weighted by Crippen LogP contribution is 2.31.